The second-order valence-corrected chi connectivity index (χ2v) is 4.02. The second kappa shape index (κ2) is 4.61. The molecule has 0 saturated heterocycles. The van der Waals surface area contributed by atoms with Gasteiger partial charge in [0.1, 0.15) is 11.0 Å². The summed E-state index contributed by atoms with van der Waals surface area (Å²) in [5.74, 6) is -0.415. The van der Waals surface area contributed by atoms with Crippen LogP contribution in [-0.2, 0) is 12.7 Å². The summed E-state index contributed by atoms with van der Waals surface area (Å²) in [6.07, 6.45) is -4.53. The molecule has 7 heteroatoms. The predicted octanol–water partition coefficient (Wildman–Crippen LogP) is 3.74. The summed E-state index contributed by atoms with van der Waals surface area (Å²) in [6.45, 7) is 0.0508. The molecule has 0 aliphatic rings. The molecule has 2 nitrogen and oxygen atoms in total. The minimum Gasteiger partial charge on any atom is -0.249 e. The lowest BCUT2D eigenvalue weighted by molar-refractivity contribution is -0.141. The first-order chi connectivity index (χ1) is 8.36. The standard InChI is InChI=1S/C11H7ClF4N2/c12-10-5-9(11(14,15)16)17-18(10)6-7-1-3-8(13)4-2-7/h1-5H,6H2. The van der Waals surface area contributed by atoms with Crippen LogP contribution in [0.2, 0.25) is 5.15 Å². The quantitative estimate of drug-likeness (QED) is 0.765. The van der Waals surface area contributed by atoms with Crippen LogP contribution in [0.25, 0.3) is 0 Å². The lowest BCUT2D eigenvalue weighted by Gasteiger charge is -2.04. The van der Waals surface area contributed by atoms with E-state index in [2.05, 4.69) is 5.10 Å². The van der Waals surface area contributed by atoms with Crippen LogP contribution >= 0.6 is 11.6 Å². The first-order valence-corrected chi connectivity index (χ1v) is 5.29. The Morgan fingerprint density at radius 3 is 2.28 bits per heavy atom. The fraction of sp³-hybridized carbons (Fsp3) is 0.182. The molecule has 0 saturated carbocycles. The Hall–Kier alpha value is -1.56. The van der Waals surface area contributed by atoms with E-state index in [9.17, 15) is 17.6 Å². The number of aromatic nitrogens is 2. The van der Waals surface area contributed by atoms with Gasteiger partial charge in [-0.1, -0.05) is 23.7 Å². The number of benzene rings is 1. The topological polar surface area (TPSA) is 17.8 Å². The fourth-order valence-corrected chi connectivity index (χ4v) is 1.61. The molecule has 0 bridgehead atoms. The molecular formula is C11H7ClF4N2. The van der Waals surface area contributed by atoms with Crippen molar-refractivity contribution in [1.82, 2.24) is 9.78 Å². The largest absolute Gasteiger partial charge is 0.435 e. The maximum atomic E-state index is 12.7. The van der Waals surface area contributed by atoms with Gasteiger partial charge in [-0.3, -0.25) is 0 Å². The Morgan fingerprint density at radius 1 is 1.17 bits per heavy atom. The van der Waals surface area contributed by atoms with Gasteiger partial charge in [0, 0.05) is 6.07 Å². The number of rotatable bonds is 2. The minimum atomic E-state index is -4.53. The molecule has 1 aromatic heterocycles. The highest BCUT2D eigenvalue weighted by atomic mass is 35.5. The lowest BCUT2D eigenvalue weighted by Crippen LogP contribution is -2.08. The van der Waals surface area contributed by atoms with Crippen LogP contribution in [0.4, 0.5) is 17.6 Å². The van der Waals surface area contributed by atoms with Crippen molar-refractivity contribution in [1.29, 1.82) is 0 Å². The van der Waals surface area contributed by atoms with Crippen molar-refractivity contribution in [3.05, 3.63) is 52.6 Å². The Morgan fingerprint density at radius 2 is 1.78 bits per heavy atom. The van der Waals surface area contributed by atoms with Crippen LogP contribution in [0.5, 0.6) is 0 Å². The van der Waals surface area contributed by atoms with Crippen molar-refractivity contribution in [2.24, 2.45) is 0 Å². The molecule has 0 amide bonds. The van der Waals surface area contributed by atoms with E-state index in [1.54, 1.807) is 0 Å². The third-order valence-electron chi connectivity index (χ3n) is 2.27. The Labute approximate surface area is 105 Å². The highest BCUT2D eigenvalue weighted by Gasteiger charge is 2.34. The van der Waals surface area contributed by atoms with Gasteiger partial charge in [-0.15, -0.1) is 0 Å². The van der Waals surface area contributed by atoms with Crippen LogP contribution < -0.4 is 0 Å². The number of halogens is 5. The molecule has 18 heavy (non-hydrogen) atoms. The molecule has 0 unspecified atom stereocenters. The maximum absolute atomic E-state index is 12.7. The van der Waals surface area contributed by atoms with Gasteiger partial charge in [0.15, 0.2) is 5.69 Å². The summed E-state index contributed by atoms with van der Waals surface area (Å²) in [4.78, 5) is 0. The number of hydrogen-bond donors (Lipinski definition) is 0. The van der Waals surface area contributed by atoms with Crippen molar-refractivity contribution in [3.8, 4) is 0 Å². The molecule has 0 aliphatic heterocycles. The zero-order valence-electron chi connectivity index (χ0n) is 8.88. The SMILES string of the molecule is Fc1ccc(Cn2nc(C(F)(F)F)cc2Cl)cc1. The van der Waals surface area contributed by atoms with Crippen molar-refractivity contribution < 1.29 is 17.6 Å². The number of nitrogens with zero attached hydrogens (tertiary/aromatic N) is 2. The predicted molar refractivity (Wildman–Crippen MR) is 57.7 cm³/mol. The Kier molecular flexibility index (Phi) is 3.30. The summed E-state index contributed by atoms with van der Waals surface area (Å²) in [7, 11) is 0. The van der Waals surface area contributed by atoms with Crippen LogP contribution in [0.3, 0.4) is 0 Å². The van der Waals surface area contributed by atoms with Gasteiger partial charge in [0.25, 0.3) is 0 Å². The van der Waals surface area contributed by atoms with Crippen LogP contribution in [0.15, 0.2) is 30.3 Å². The van der Waals surface area contributed by atoms with E-state index in [1.807, 2.05) is 0 Å². The molecule has 0 aliphatic carbocycles. The van der Waals surface area contributed by atoms with E-state index in [-0.39, 0.29) is 11.7 Å². The molecule has 0 radical (unpaired) electrons. The van der Waals surface area contributed by atoms with Crippen molar-refractivity contribution >= 4 is 11.6 Å². The zero-order chi connectivity index (χ0) is 13.3. The molecule has 0 N–H and O–H groups in total. The Balaban J connectivity index is 2.24. The molecule has 96 valence electrons. The van der Waals surface area contributed by atoms with Gasteiger partial charge in [0.05, 0.1) is 6.54 Å². The smallest absolute Gasteiger partial charge is 0.249 e. The molecular weight excluding hydrogens is 272 g/mol. The van der Waals surface area contributed by atoms with Gasteiger partial charge in [-0.2, -0.15) is 18.3 Å². The van der Waals surface area contributed by atoms with Crippen molar-refractivity contribution in [2.45, 2.75) is 12.7 Å². The van der Waals surface area contributed by atoms with Crippen LogP contribution in [0.1, 0.15) is 11.3 Å². The van der Waals surface area contributed by atoms with Crippen molar-refractivity contribution in [2.75, 3.05) is 0 Å². The molecule has 1 aromatic carbocycles. The summed E-state index contributed by atoms with van der Waals surface area (Å²) in [5.41, 5.74) is -0.440. The third-order valence-corrected chi connectivity index (χ3v) is 2.57. The van der Waals surface area contributed by atoms with E-state index in [0.717, 1.165) is 10.7 Å². The van der Waals surface area contributed by atoms with Gasteiger partial charge in [-0.05, 0) is 17.7 Å². The number of hydrogen-bond acceptors (Lipinski definition) is 1. The average Bonchev–Trinajstić information content (AvgIpc) is 2.63. The molecule has 2 aromatic rings. The molecule has 0 spiro atoms. The third kappa shape index (κ3) is 2.81. The molecule has 2 rings (SSSR count). The monoisotopic (exact) mass is 278 g/mol. The molecule has 1 heterocycles. The van der Waals surface area contributed by atoms with E-state index in [4.69, 9.17) is 11.6 Å². The maximum Gasteiger partial charge on any atom is 0.435 e. The van der Waals surface area contributed by atoms with E-state index < -0.39 is 17.7 Å². The minimum absolute atomic E-state index is 0.0508. The lowest BCUT2D eigenvalue weighted by atomic mass is 10.2. The van der Waals surface area contributed by atoms with E-state index in [0.29, 0.717) is 5.56 Å². The van der Waals surface area contributed by atoms with Gasteiger partial charge < -0.3 is 0 Å². The van der Waals surface area contributed by atoms with Crippen LogP contribution in [0, 0.1) is 5.82 Å². The number of alkyl halides is 3. The summed E-state index contributed by atoms with van der Waals surface area (Å²) < 4.78 is 50.8. The highest BCUT2D eigenvalue weighted by molar-refractivity contribution is 6.29. The summed E-state index contributed by atoms with van der Waals surface area (Å²) in [6, 6.07) is 6.11. The van der Waals surface area contributed by atoms with Crippen LogP contribution in [-0.4, -0.2) is 9.78 Å². The zero-order valence-corrected chi connectivity index (χ0v) is 9.63. The normalized spacial score (nSPS) is 11.8. The first kappa shape index (κ1) is 12.9. The summed E-state index contributed by atoms with van der Waals surface area (Å²) in [5, 5.41) is 3.25. The van der Waals surface area contributed by atoms with Crippen molar-refractivity contribution in [3.63, 3.8) is 0 Å². The van der Waals surface area contributed by atoms with E-state index in [1.165, 1.54) is 24.3 Å². The fourth-order valence-electron chi connectivity index (χ4n) is 1.41. The average molecular weight is 279 g/mol. The second-order valence-electron chi connectivity index (χ2n) is 3.63. The highest BCUT2D eigenvalue weighted by Crippen LogP contribution is 2.30. The summed E-state index contributed by atoms with van der Waals surface area (Å²) >= 11 is 5.66. The molecule has 0 atom stereocenters. The van der Waals surface area contributed by atoms with E-state index >= 15 is 0 Å². The van der Waals surface area contributed by atoms with Gasteiger partial charge in [0.2, 0.25) is 0 Å². The van der Waals surface area contributed by atoms with Gasteiger partial charge >= 0.3 is 6.18 Å². The molecule has 0 fully saturated rings. The van der Waals surface area contributed by atoms with Gasteiger partial charge in [-0.25, -0.2) is 9.07 Å². The first-order valence-electron chi connectivity index (χ1n) is 4.91. The Bertz CT molecular complexity index is 545.